The summed E-state index contributed by atoms with van der Waals surface area (Å²) in [5, 5.41) is 9.61. The van der Waals surface area contributed by atoms with Crippen LogP contribution in [0.25, 0.3) is 5.69 Å². The van der Waals surface area contributed by atoms with Crippen molar-refractivity contribution < 1.29 is 32.3 Å². The molecule has 1 aliphatic heterocycles. The highest BCUT2D eigenvalue weighted by atomic mass is 19.4. The van der Waals surface area contributed by atoms with E-state index in [1.54, 1.807) is 37.4 Å². The first-order valence-corrected chi connectivity index (χ1v) is 11.4. The van der Waals surface area contributed by atoms with Crippen LogP contribution in [-0.4, -0.2) is 52.3 Å². The Labute approximate surface area is 210 Å². The standard InChI is InChI=1S/C25H24F3N5O4/c1-15-14-18(9-10-19(15)23(35)37-2)33-13-11-21(31-33)30-22(34)20-4-3-12-32(20)24(36)29-17-7-5-16(6-8-17)25(26,27)28/h5-11,13-14,20H,3-4,12H2,1-2H3,(H,29,36)(H,30,31,34)/t20-/m1/s1. The molecular weight excluding hydrogens is 491 g/mol. The molecule has 1 aliphatic rings. The third kappa shape index (κ3) is 5.74. The molecule has 1 fully saturated rings. The number of halogens is 3. The van der Waals surface area contributed by atoms with Crippen molar-refractivity contribution in [2.45, 2.75) is 32.0 Å². The number of benzene rings is 2. The number of esters is 1. The number of hydrogen-bond acceptors (Lipinski definition) is 5. The number of amides is 3. The number of nitrogens with zero attached hydrogens (tertiary/aromatic N) is 3. The van der Waals surface area contributed by atoms with Crippen LogP contribution in [0.4, 0.5) is 29.5 Å². The van der Waals surface area contributed by atoms with Gasteiger partial charge in [0, 0.05) is 24.5 Å². The molecule has 0 unspecified atom stereocenters. The summed E-state index contributed by atoms with van der Waals surface area (Å²) in [5.74, 6) is -0.599. The first-order valence-electron chi connectivity index (χ1n) is 11.4. The second kappa shape index (κ2) is 10.3. The van der Waals surface area contributed by atoms with Crippen molar-refractivity contribution in [1.29, 1.82) is 0 Å². The molecule has 0 aliphatic carbocycles. The highest BCUT2D eigenvalue weighted by molar-refractivity contribution is 5.99. The molecule has 0 saturated carbocycles. The van der Waals surface area contributed by atoms with E-state index in [-0.39, 0.29) is 11.5 Å². The number of ether oxygens (including phenoxy) is 1. The molecule has 0 spiro atoms. The van der Waals surface area contributed by atoms with Crippen molar-refractivity contribution in [1.82, 2.24) is 14.7 Å². The average molecular weight is 515 g/mol. The minimum atomic E-state index is -4.47. The second-order valence-electron chi connectivity index (χ2n) is 8.48. The number of aryl methyl sites for hydroxylation is 1. The minimum absolute atomic E-state index is 0.191. The van der Waals surface area contributed by atoms with Gasteiger partial charge >= 0.3 is 18.2 Å². The smallest absolute Gasteiger partial charge is 0.416 e. The van der Waals surface area contributed by atoms with Gasteiger partial charge in [-0.25, -0.2) is 14.3 Å². The van der Waals surface area contributed by atoms with Gasteiger partial charge in [-0.1, -0.05) is 0 Å². The monoisotopic (exact) mass is 515 g/mol. The van der Waals surface area contributed by atoms with Gasteiger partial charge < -0.3 is 20.3 Å². The third-order valence-corrected chi connectivity index (χ3v) is 6.00. The van der Waals surface area contributed by atoms with Gasteiger partial charge in [0.15, 0.2) is 5.82 Å². The molecule has 0 bridgehead atoms. The molecule has 9 nitrogen and oxygen atoms in total. The number of anilines is 2. The number of carbonyl (C=O) groups is 3. The van der Waals surface area contributed by atoms with Crippen molar-refractivity contribution in [2.24, 2.45) is 0 Å². The van der Waals surface area contributed by atoms with Gasteiger partial charge in [-0.3, -0.25) is 4.79 Å². The van der Waals surface area contributed by atoms with E-state index in [1.807, 2.05) is 0 Å². The molecule has 3 amide bonds. The lowest BCUT2D eigenvalue weighted by molar-refractivity contribution is -0.137. The summed E-state index contributed by atoms with van der Waals surface area (Å²) in [6, 6.07) is 9.43. The van der Waals surface area contributed by atoms with Gasteiger partial charge in [0.25, 0.3) is 0 Å². The Morgan fingerprint density at radius 3 is 2.43 bits per heavy atom. The molecule has 4 rings (SSSR count). The van der Waals surface area contributed by atoms with Crippen LogP contribution < -0.4 is 10.6 Å². The number of alkyl halides is 3. The Morgan fingerprint density at radius 1 is 1.05 bits per heavy atom. The quantitative estimate of drug-likeness (QED) is 0.483. The summed E-state index contributed by atoms with van der Waals surface area (Å²) in [6.45, 7) is 2.09. The van der Waals surface area contributed by atoms with E-state index in [4.69, 9.17) is 4.74 Å². The van der Waals surface area contributed by atoms with Crippen molar-refractivity contribution in [2.75, 3.05) is 24.3 Å². The SMILES string of the molecule is COC(=O)c1ccc(-n2ccc(NC(=O)[C@H]3CCCN3C(=O)Nc3ccc(C(F)(F)F)cc3)n2)cc1C. The topological polar surface area (TPSA) is 106 Å². The molecule has 37 heavy (non-hydrogen) atoms. The molecule has 0 radical (unpaired) electrons. The van der Waals surface area contributed by atoms with E-state index in [2.05, 4.69) is 15.7 Å². The fraction of sp³-hybridized carbons (Fsp3) is 0.280. The van der Waals surface area contributed by atoms with Crippen LogP contribution in [-0.2, 0) is 15.7 Å². The normalized spacial score (nSPS) is 15.4. The molecule has 1 saturated heterocycles. The number of aromatic nitrogens is 2. The van der Waals surface area contributed by atoms with E-state index in [1.165, 1.54) is 16.7 Å². The number of urea groups is 1. The zero-order valence-electron chi connectivity index (χ0n) is 20.0. The van der Waals surface area contributed by atoms with Crippen molar-refractivity contribution in [3.8, 4) is 5.69 Å². The summed E-state index contributed by atoms with van der Waals surface area (Å²) in [6.07, 6.45) is -1.80. The van der Waals surface area contributed by atoms with Crippen LogP contribution in [0, 0.1) is 6.92 Å². The van der Waals surface area contributed by atoms with Crippen LogP contribution in [0.2, 0.25) is 0 Å². The van der Waals surface area contributed by atoms with Gasteiger partial charge in [-0.05, 0) is 67.8 Å². The molecule has 2 heterocycles. The van der Waals surface area contributed by atoms with Crippen molar-refractivity contribution in [3.63, 3.8) is 0 Å². The molecule has 194 valence electrons. The maximum Gasteiger partial charge on any atom is 0.416 e. The van der Waals surface area contributed by atoms with Crippen LogP contribution in [0.15, 0.2) is 54.7 Å². The fourth-order valence-electron chi connectivity index (χ4n) is 4.09. The number of nitrogens with one attached hydrogen (secondary N) is 2. The Balaban J connectivity index is 1.40. The lowest BCUT2D eigenvalue weighted by Gasteiger charge is -2.24. The van der Waals surface area contributed by atoms with Crippen LogP contribution in [0.5, 0.6) is 0 Å². The zero-order chi connectivity index (χ0) is 26.7. The third-order valence-electron chi connectivity index (χ3n) is 6.00. The largest absolute Gasteiger partial charge is 0.465 e. The number of rotatable bonds is 5. The van der Waals surface area contributed by atoms with Crippen molar-refractivity contribution in [3.05, 3.63) is 71.4 Å². The van der Waals surface area contributed by atoms with Crippen LogP contribution >= 0.6 is 0 Å². The predicted molar refractivity (Wildman–Crippen MR) is 128 cm³/mol. The average Bonchev–Trinajstić information content (AvgIpc) is 3.53. The van der Waals surface area contributed by atoms with Gasteiger partial charge in [0.1, 0.15) is 6.04 Å². The molecule has 1 atom stereocenters. The van der Waals surface area contributed by atoms with Crippen LogP contribution in [0.1, 0.15) is 34.3 Å². The predicted octanol–water partition coefficient (Wildman–Crippen LogP) is 4.62. The highest BCUT2D eigenvalue weighted by Gasteiger charge is 2.35. The minimum Gasteiger partial charge on any atom is -0.465 e. The summed E-state index contributed by atoms with van der Waals surface area (Å²) in [4.78, 5) is 38.8. The van der Waals surface area contributed by atoms with E-state index in [9.17, 15) is 27.6 Å². The first-order chi connectivity index (χ1) is 17.6. The molecule has 2 aromatic carbocycles. The fourth-order valence-corrected chi connectivity index (χ4v) is 4.09. The number of likely N-dealkylation sites (tertiary alicyclic amines) is 1. The van der Waals surface area contributed by atoms with E-state index < -0.39 is 35.7 Å². The van der Waals surface area contributed by atoms with Gasteiger partial charge in [-0.2, -0.15) is 18.3 Å². The zero-order valence-corrected chi connectivity index (χ0v) is 20.0. The first kappa shape index (κ1) is 25.7. The Bertz CT molecular complexity index is 1320. The van der Waals surface area contributed by atoms with Crippen LogP contribution in [0.3, 0.4) is 0 Å². The lowest BCUT2D eigenvalue weighted by Crippen LogP contribution is -2.45. The number of carbonyl (C=O) groups excluding carboxylic acids is 3. The summed E-state index contributed by atoms with van der Waals surface area (Å²) in [5.41, 5.74) is 1.17. The number of methoxy groups -OCH3 is 1. The van der Waals surface area contributed by atoms with E-state index in [0.29, 0.717) is 36.2 Å². The van der Waals surface area contributed by atoms with Gasteiger partial charge in [-0.15, -0.1) is 0 Å². The maximum atomic E-state index is 12.9. The lowest BCUT2D eigenvalue weighted by atomic mass is 10.1. The second-order valence-corrected chi connectivity index (χ2v) is 8.48. The molecule has 3 aromatic rings. The molecule has 1 aromatic heterocycles. The highest BCUT2D eigenvalue weighted by Crippen LogP contribution is 2.30. The Kier molecular flexibility index (Phi) is 7.18. The molecule has 2 N–H and O–H groups in total. The Hall–Kier alpha value is -4.35. The Morgan fingerprint density at radius 2 is 1.78 bits per heavy atom. The van der Waals surface area contributed by atoms with Gasteiger partial charge in [0.05, 0.1) is 23.9 Å². The summed E-state index contributed by atoms with van der Waals surface area (Å²) >= 11 is 0. The van der Waals surface area contributed by atoms with Gasteiger partial charge in [0.2, 0.25) is 5.91 Å². The van der Waals surface area contributed by atoms with E-state index in [0.717, 1.165) is 24.3 Å². The van der Waals surface area contributed by atoms with Crippen molar-refractivity contribution >= 4 is 29.4 Å². The van der Waals surface area contributed by atoms with E-state index >= 15 is 0 Å². The number of hydrogen-bond donors (Lipinski definition) is 2. The maximum absolute atomic E-state index is 12.9. The summed E-state index contributed by atoms with van der Waals surface area (Å²) < 4.78 is 44.6. The molecular formula is C25H24F3N5O4. The molecule has 12 heteroatoms. The summed E-state index contributed by atoms with van der Waals surface area (Å²) in [7, 11) is 1.31.